The monoisotopic (exact) mass is 370 g/mol. The molecule has 0 saturated heterocycles. The molecule has 0 aliphatic rings. The lowest BCUT2D eigenvalue weighted by Gasteiger charge is -2.14. The summed E-state index contributed by atoms with van der Waals surface area (Å²) >= 11 is 6.57. The first-order valence-electron chi connectivity index (χ1n) is 4.53. The third-order valence-corrected chi connectivity index (χ3v) is 4.95. The van der Waals surface area contributed by atoms with E-state index < -0.39 is 15.3 Å². The number of anilines is 1. The van der Waals surface area contributed by atoms with Crippen molar-refractivity contribution in [2.75, 3.05) is 11.3 Å². The average Bonchev–Trinajstić information content (AvgIpc) is 2.21. The van der Waals surface area contributed by atoms with Crippen molar-refractivity contribution < 1.29 is 8.42 Å². The van der Waals surface area contributed by atoms with E-state index in [-0.39, 0.29) is 6.54 Å². The second-order valence-electron chi connectivity index (χ2n) is 3.32. The number of halogens is 2. The van der Waals surface area contributed by atoms with E-state index in [1.54, 1.807) is 25.1 Å². The molecule has 0 fully saturated rings. The van der Waals surface area contributed by atoms with E-state index >= 15 is 0 Å². The molecule has 90 valence electrons. The first-order valence-corrected chi connectivity index (χ1v) is 7.67. The Bertz CT molecular complexity index is 476. The number of benzene rings is 1. The molecule has 16 heavy (non-hydrogen) atoms. The molecule has 0 bridgehead atoms. The summed E-state index contributed by atoms with van der Waals surface area (Å²) in [5.74, 6) is 0. The summed E-state index contributed by atoms with van der Waals surface area (Å²) in [6.07, 6.45) is 0. The maximum Gasteiger partial charge on any atom is 0.236 e. The molecule has 0 spiro atoms. The zero-order valence-electron chi connectivity index (χ0n) is 8.57. The predicted molar refractivity (Wildman–Crippen MR) is 72.9 cm³/mol. The lowest BCUT2D eigenvalue weighted by Crippen LogP contribution is -2.31. The quantitative estimate of drug-likeness (QED) is 0.852. The zero-order chi connectivity index (χ0) is 12.3. The van der Waals surface area contributed by atoms with Crippen LogP contribution < -0.4 is 10.5 Å². The highest BCUT2D eigenvalue weighted by atomic mass is 79.9. The largest absolute Gasteiger partial charge is 0.329 e. The Kier molecular flexibility index (Phi) is 4.78. The number of hydrogen-bond donors (Lipinski definition) is 2. The number of hydrogen-bond acceptors (Lipinski definition) is 3. The van der Waals surface area contributed by atoms with Crippen molar-refractivity contribution in [1.29, 1.82) is 0 Å². The maximum atomic E-state index is 11.7. The topological polar surface area (TPSA) is 72.2 Å². The molecule has 1 aromatic carbocycles. The van der Waals surface area contributed by atoms with Crippen LogP contribution in [0.3, 0.4) is 0 Å². The van der Waals surface area contributed by atoms with Gasteiger partial charge in [0.1, 0.15) is 0 Å². The molecule has 0 saturated carbocycles. The fourth-order valence-electron chi connectivity index (χ4n) is 0.953. The summed E-state index contributed by atoms with van der Waals surface area (Å²) in [4.78, 5) is 0. The van der Waals surface area contributed by atoms with Gasteiger partial charge >= 0.3 is 0 Å². The van der Waals surface area contributed by atoms with Gasteiger partial charge < -0.3 is 5.73 Å². The van der Waals surface area contributed by atoms with Gasteiger partial charge in [-0.05, 0) is 41.1 Å². The molecular formula is C9H12Br2N2O2S. The van der Waals surface area contributed by atoms with Crippen molar-refractivity contribution in [1.82, 2.24) is 0 Å². The predicted octanol–water partition coefficient (Wildman–Crippen LogP) is 2.30. The second kappa shape index (κ2) is 5.48. The van der Waals surface area contributed by atoms with E-state index in [0.29, 0.717) is 10.2 Å². The van der Waals surface area contributed by atoms with Gasteiger partial charge in [-0.3, -0.25) is 4.72 Å². The molecule has 1 unspecified atom stereocenters. The molecule has 0 amide bonds. The van der Waals surface area contributed by atoms with Gasteiger partial charge in [-0.25, -0.2) is 8.42 Å². The summed E-state index contributed by atoms with van der Waals surface area (Å²) in [6, 6.07) is 5.20. The van der Waals surface area contributed by atoms with Crippen LogP contribution in [-0.2, 0) is 10.0 Å². The van der Waals surface area contributed by atoms with Crippen LogP contribution in [0.4, 0.5) is 5.69 Å². The van der Waals surface area contributed by atoms with Crippen molar-refractivity contribution in [2.24, 2.45) is 5.73 Å². The van der Waals surface area contributed by atoms with Crippen LogP contribution in [0.25, 0.3) is 0 Å². The summed E-state index contributed by atoms with van der Waals surface area (Å²) in [5, 5.41) is -0.622. The van der Waals surface area contributed by atoms with Gasteiger partial charge in [0.2, 0.25) is 10.0 Å². The minimum absolute atomic E-state index is 0.0868. The molecule has 3 N–H and O–H groups in total. The van der Waals surface area contributed by atoms with E-state index in [0.717, 1.165) is 4.47 Å². The molecule has 0 aromatic heterocycles. The molecule has 4 nitrogen and oxygen atoms in total. The average molecular weight is 372 g/mol. The van der Waals surface area contributed by atoms with Crippen LogP contribution in [0.1, 0.15) is 6.92 Å². The first kappa shape index (κ1) is 14.0. The Balaban J connectivity index is 2.97. The minimum Gasteiger partial charge on any atom is -0.329 e. The van der Waals surface area contributed by atoms with Crippen molar-refractivity contribution in [3.05, 3.63) is 27.1 Å². The van der Waals surface area contributed by atoms with Crippen LogP contribution >= 0.6 is 31.9 Å². The third-order valence-electron chi connectivity index (χ3n) is 2.04. The smallest absolute Gasteiger partial charge is 0.236 e. The Morgan fingerprint density at radius 2 is 2.06 bits per heavy atom. The van der Waals surface area contributed by atoms with Crippen molar-refractivity contribution in [3.8, 4) is 0 Å². The highest BCUT2D eigenvalue weighted by molar-refractivity contribution is 9.11. The molecule has 7 heteroatoms. The number of rotatable bonds is 4. The van der Waals surface area contributed by atoms with E-state index in [1.807, 2.05) is 0 Å². The fourth-order valence-corrected chi connectivity index (χ4v) is 3.17. The van der Waals surface area contributed by atoms with Crippen molar-refractivity contribution in [3.63, 3.8) is 0 Å². The van der Waals surface area contributed by atoms with E-state index in [9.17, 15) is 8.42 Å². The van der Waals surface area contributed by atoms with Crippen LogP contribution in [-0.4, -0.2) is 20.2 Å². The summed E-state index contributed by atoms with van der Waals surface area (Å²) < 4.78 is 27.5. The standard InChI is InChI=1S/C9H12Br2N2O2S/c1-6(5-12)16(14,15)13-9-3-2-7(10)4-8(9)11/h2-4,6,13H,5,12H2,1H3. The minimum atomic E-state index is -3.42. The summed E-state index contributed by atoms with van der Waals surface area (Å²) in [7, 11) is -3.42. The molecular weight excluding hydrogens is 360 g/mol. The van der Waals surface area contributed by atoms with Gasteiger partial charge in [0.15, 0.2) is 0 Å². The van der Waals surface area contributed by atoms with Gasteiger partial charge in [0.05, 0.1) is 10.9 Å². The van der Waals surface area contributed by atoms with Gasteiger partial charge in [-0.1, -0.05) is 15.9 Å². The fraction of sp³-hybridized carbons (Fsp3) is 0.333. The van der Waals surface area contributed by atoms with E-state index in [4.69, 9.17) is 5.73 Å². The highest BCUT2D eigenvalue weighted by Gasteiger charge is 2.19. The number of nitrogens with two attached hydrogens (primary N) is 1. The SMILES string of the molecule is CC(CN)S(=O)(=O)Nc1ccc(Br)cc1Br. The number of nitrogens with one attached hydrogen (secondary N) is 1. The Morgan fingerprint density at radius 1 is 1.44 bits per heavy atom. The van der Waals surface area contributed by atoms with Crippen molar-refractivity contribution in [2.45, 2.75) is 12.2 Å². The normalized spacial score (nSPS) is 13.5. The molecule has 0 aliphatic carbocycles. The maximum absolute atomic E-state index is 11.7. The van der Waals surface area contributed by atoms with E-state index in [2.05, 4.69) is 36.6 Å². The van der Waals surface area contributed by atoms with Gasteiger partial charge in [-0.2, -0.15) is 0 Å². The van der Waals surface area contributed by atoms with Gasteiger partial charge in [-0.15, -0.1) is 0 Å². The number of sulfonamides is 1. The Morgan fingerprint density at radius 3 is 2.56 bits per heavy atom. The molecule has 0 aliphatic heterocycles. The molecule has 1 rings (SSSR count). The van der Waals surface area contributed by atoms with E-state index in [1.165, 1.54) is 0 Å². The lowest BCUT2D eigenvalue weighted by atomic mass is 10.3. The zero-order valence-corrected chi connectivity index (χ0v) is 12.6. The molecule has 1 aromatic rings. The van der Waals surface area contributed by atoms with Gasteiger partial charge in [0.25, 0.3) is 0 Å². The molecule has 1 atom stereocenters. The van der Waals surface area contributed by atoms with Crippen molar-refractivity contribution >= 4 is 47.6 Å². The lowest BCUT2D eigenvalue weighted by molar-refractivity contribution is 0.589. The summed E-state index contributed by atoms with van der Waals surface area (Å²) in [5.41, 5.74) is 5.84. The Hall–Kier alpha value is -0.110. The molecule has 0 heterocycles. The van der Waals surface area contributed by atoms with Gasteiger partial charge in [0, 0.05) is 15.5 Å². The van der Waals surface area contributed by atoms with Crippen LogP contribution in [0.15, 0.2) is 27.1 Å². The highest BCUT2D eigenvalue weighted by Crippen LogP contribution is 2.27. The Labute approximate surface area is 112 Å². The van der Waals surface area contributed by atoms with Crippen LogP contribution in [0, 0.1) is 0 Å². The molecule has 0 radical (unpaired) electrons. The van der Waals surface area contributed by atoms with Crippen LogP contribution in [0.2, 0.25) is 0 Å². The third kappa shape index (κ3) is 3.44. The second-order valence-corrected chi connectivity index (χ2v) is 7.19. The summed E-state index contributed by atoms with van der Waals surface area (Å²) in [6.45, 7) is 1.65. The first-order chi connectivity index (χ1) is 7.36. The van der Waals surface area contributed by atoms with Crippen LogP contribution in [0.5, 0.6) is 0 Å².